The molecule has 0 aromatic carbocycles. The number of alkyl carbamates (subject to hydrolysis) is 1. The molecule has 13 heavy (non-hydrogen) atoms. The molecule has 78 valence electrons. The van der Waals surface area contributed by atoms with Crippen LogP contribution in [0.15, 0.2) is 0 Å². The van der Waals surface area contributed by atoms with Crippen LogP contribution in [0.25, 0.3) is 0 Å². The minimum absolute atomic E-state index is 0.648. The summed E-state index contributed by atoms with van der Waals surface area (Å²) in [4.78, 5) is 12.4. The van der Waals surface area contributed by atoms with Crippen LogP contribution in [0.2, 0.25) is 0 Å². The highest BCUT2D eigenvalue weighted by molar-refractivity contribution is 6.68. The van der Waals surface area contributed by atoms with Crippen LogP contribution in [0.1, 0.15) is 0 Å². The van der Waals surface area contributed by atoms with Gasteiger partial charge in [0.2, 0.25) is 3.79 Å². The summed E-state index contributed by atoms with van der Waals surface area (Å²) in [6.07, 6.45) is -1.38. The molecule has 0 fully saturated rings. The van der Waals surface area contributed by atoms with Gasteiger partial charge >= 0.3 is 6.09 Å². The molecule has 0 radical (unpaired) electrons. The average molecular weight is 250 g/mol. The predicted octanol–water partition coefficient (Wildman–Crippen LogP) is 1.60. The Balaban J connectivity index is 4.36. The second-order valence-electron chi connectivity index (χ2n) is 2.54. The van der Waals surface area contributed by atoms with E-state index >= 15 is 0 Å². The summed E-state index contributed by atoms with van der Waals surface area (Å²) in [5.74, 6) is 0. The van der Waals surface area contributed by atoms with E-state index in [2.05, 4.69) is 10.1 Å². The molecule has 1 atom stereocenters. The standard InChI is InChI=1S/C6H11Cl3N2O2/c1-11(2)4(6(7,8)9)10-5(12)13-3/h4H,1-3H3,(H,10,12). The van der Waals surface area contributed by atoms with Gasteiger partial charge in [-0.15, -0.1) is 0 Å². The number of carbonyl (C=O) groups excluding carboxylic acids is 1. The molecule has 0 saturated heterocycles. The van der Waals surface area contributed by atoms with Crippen molar-refractivity contribution >= 4 is 40.9 Å². The number of amides is 1. The molecule has 1 amide bonds. The molecule has 0 spiro atoms. The Morgan fingerprint density at radius 3 is 2.15 bits per heavy atom. The quantitative estimate of drug-likeness (QED) is 0.597. The molecule has 0 aliphatic carbocycles. The lowest BCUT2D eigenvalue weighted by Gasteiger charge is -2.30. The van der Waals surface area contributed by atoms with Gasteiger partial charge in [-0.05, 0) is 14.1 Å². The maximum atomic E-state index is 10.8. The monoisotopic (exact) mass is 248 g/mol. The van der Waals surface area contributed by atoms with Crippen molar-refractivity contribution in [3.63, 3.8) is 0 Å². The SMILES string of the molecule is COC(=O)NC(N(C)C)C(Cl)(Cl)Cl. The molecule has 0 aromatic rings. The number of hydrogen-bond donors (Lipinski definition) is 1. The Morgan fingerprint density at radius 1 is 1.46 bits per heavy atom. The molecule has 0 aliphatic heterocycles. The molecule has 0 heterocycles. The summed E-state index contributed by atoms with van der Waals surface area (Å²) in [5.41, 5.74) is 0. The van der Waals surface area contributed by atoms with Crippen LogP contribution in [-0.2, 0) is 4.74 Å². The fourth-order valence-electron chi connectivity index (χ4n) is 0.674. The first-order valence-corrected chi connectivity index (χ1v) is 4.50. The van der Waals surface area contributed by atoms with Crippen LogP contribution in [0.3, 0.4) is 0 Å². The first-order chi connectivity index (χ1) is 5.79. The third-order valence-corrected chi connectivity index (χ3v) is 1.89. The molecular formula is C6H11Cl3N2O2. The van der Waals surface area contributed by atoms with E-state index in [-0.39, 0.29) is 0 Å². The lowest BCUT2D eigenvalue weighted by molar-refractivity contribution is 0.150. The van der Waals surface area contributed by atoms with E-state index in [4.69, 9.17) is 34.8 Å². The van der Waals surface area contributed by atoms with Gasteiger partial charge in [0.15, 0.2) is 0 Å². The van der Waals surface area contributed by atoms with Gasteiger partial charge in [-0.3, -0.25) is 4.90 Å². The number of rotatable bonds is 2. The number of halogens is 3. The fourth-order valence-corrected chi connectivity index (χ4v) is 1.42. The minimum Gasteiger partial charge on any atom is -0.453 e. The first kappa shape index (κ1) is 13.1. The van der Waals surface area contributed by atoms with Gasteiger partial charge in [-0.25, -0.2) is 4.79 Å². The van der Waals surface area contributed by atoms with Crippen molar-refractivity contribution in [1.29, 1.82) is 0 Å². The van der Waals surface area contributed by atoms with Crippen LogP contribution < -0.4 is 5.32 Å². The molecule has 0 saturated carbocycles. The summed E-state index contributed by atoms with van der Waals surface area (Å²) >= 11 is 16.8. The molecule has 1 unspecified atom stereocenters. The summed E-state index contributed by atoms with van der Waals surface area (Å²) in [7, 11) is 4.57. The van der Waals surface area contributed by atoms with Gasteiger partial charge in [-0.1, -0.05) is 34.8 Å². The van der Waals surface area contributed by atoms with Gasteiger partial charge in [0, 0.05) is 0 Å². The zero-order valence-corrected chi connectivity index (χ0v) is 9.74. The summed E-state index contributed by atoms with van der Waals surface area (Å²) in [5, 5.41) is 2.38. The van der Waals surface area contributed by atoms with Gasteiger partial charge in [0.1, 0.15) is 6.17 Å². The Morgan fingerprint density at radius 2 is 1.92 bits per heavy atom. The third kappa shape index (κ3) is 4.76. The topological polar surface area (TPSA) is 41.6 Å². The molecule has 0 aliphatic rings. The van der Waals surface area contributed by atoms with E-state index in [0.717, 1.165) is 0 Å². The Labute approximate surface area is 92.1 Å². The van der Waals surface area contributed by atoms with Crippen LogP contribution in [0.5, 0.6) is 0 Å². The molecule has 0 bridgehead atoms. The first-order valence-electron chi connectivity index (χ1n) is 3.36. The van der Waals surface area contributed by atoms with Crippen molar-refractivity contribution in [3.8, 4) is 0 Å². The lowest BCUT2D eigenvalue weighted by Crippen LogP contribution is -2.52. The normalized spacial score (nSPS) is 14.1. The van der Waals surface area contributed by atoms with Crippen LogP contribution in [-0.4, -0.2) is 42.2 Å². The van der Waals surface area contributed by atoms with Crippen LogP contribution >= 0.6 is 34.8 Å². The lowest BCUT2D eigenvalue weighted by atomic mass is 10.5. The number of nitrogens with zero attached hydrogens (tertiary/aromatic N) is 1. The molecule has 0 aromatic heterocycles. The number of hydrogen-bond acceptors (Lipinski definition) is 3. The number of ether oxygens (including phenoxy) is 1. The number of carbonyl (C=O) groups is 1. The summed E-state index contributed by atoms with van der Waals surface area (Å²) in [6, 6.07) is 0. The van der Waals surface area contributed by atoms with Crippen molar-refractivity contribution in [2.24, 2.45) is 0 Å². The molecule has 0 rings (SSSR count). The van der Waals surface area contributed by atoms with Gasteiger partial charge in [0.05, 0.1) is 7.11 Å². The molecule has 7 heteroatoms. The van der Waals surface area contributed by atoms with Gasteiger partial charge in [0.25, 0.3) is 0 Å². The molecule has 4 nitrogen and oxygen atoms in total. The molecular weight excluding hydrogens is 238 g/mol. The molecule has 1 N–H and O–H groups in total. The largest absolute Gasteiger partial charge is 0.453 e. The smallest absolute Gasteiger partial charge is 0.408 e. The van der Waals surface area contributed by atoms with Crippen molar-refractivity contribution in [1.82, 2.24) is 10.2 Å². The fraction of sp³-hybridized carbons (Fsp3) is 0.833. The zero-order valence-electron chi connectivity index (χ0n) is 7.47. The minimum atomic E-state index is -1.60. The Hall–Kier alpha value is 0.1000. The third-order valence-electron chi connectivity index (χ3n) is 1.27. The van der Waals surface area contributed by atoms with Crippen LogP contribution in [0.4, 0.5) is 4.79 Å². The van der Waals surface area contributed by atoms with E-state index in [0.29, 0.717) is 0 Å². The predicted molar refractivity (Wildman–Crippen MR) is 53.3 cm³/mol. The second-order valence-corrected chi connectivity index (χ2v) is 4.91. The van der Waals surface area contributed by atoms with Crippen molar-refractivity contribution in [2.75, 3.05) is 21.2 Å². The van der Waals surface area contributed by atoms with Crippen molar-refractivity contribution in [3.05, 3.63) is 0 Å². The highest BCUT2D eigenvalue weighted by atomic mass is 35.6. The number of alkyl halides is 3. The van der Waals surface area contributed by atoms with E-state index in [1.54, 1.807) is 19.0 Å². The maximum Gasteiger partial charge on any atom is 0.408 e. The number of nitrogens with one attached hydrogen (secondary N) is 1. The van der Waals surface area contributed by atoms with Gasteiger partial charge < -0.3 is 10.1 Å². The summed E-state index contributed by atoms with van der Waals surface area (Å²) in [6.45, 7) is 0. The summed E-state index contributed by atoms with van der Waals surface area (Å²) < 4.78 is 2.77. The second kappa shape index (κ2) is 5.10. The maximum absolute atomic E-state index is 10.8. The Kier molecular flexibility index (Phi) is 5.14. The highest BCUT2D eigenvalue weighted by Gasteiger charge is 2.35. The van der Waals surface area contributed by atoms with Gasteiger partial charge in [-0.2, -0.15) is 0 Å². The van der Waals surface area contributed by atoms with E-state index in [9.17, 15) is 4.79 Å². The average Bonchev–Trinajstić information content (AvgIpc) is 1.96. The highest BCUT2D eigenvalue weighted by Crippen LogP contribution is 2.31. The Bertz CT molecular complexity index is 181. The van der Waals surface area contributed by atoms with Crippen molar-refractivity contribution in [2.45, 2.75) is 9.96 Å². The van der Waals surface area contributed by atoms with E-state index < -0.39 is 16.1 Å². The van der Waals surface area contributed by atoms with E-state index in [1.165, 1.54) is 7.11 Å². The number of methoxy groups -OCH3 is 1. The van der Waals surface area contributed by atoms with Crippen molar-refractivity contribution < 1.29 is 9.53 Å². The van der Waals surface area contributed by atoms with Crippen LogP contribution in [0, 0.1) is 0 Å². The zero-order chi connectivity index (χ0) is 10.6. The van der Waals surface area contributed by atoms with E-state index in [1.807, 2.05) is 0 Å².